The van der Waals surface area contributed by atoms with Crippen LogP contribution in [0.25, 0.3) is 0 Å². The topological polar surface area (TPSA) is 0 Å². The van der Waals surface area contributed by atoms with Crippen LogP contribution in [0.4, 0.5) is 0 Å². The van der Waals surface area contributed by atoms with Crippen LogP contribution in [0.1, 0.15) is 105 Å². The first-order chi connectivity index (χ1) is 13.0. The average molecular weight is 371 g/mol. The van der Waals surface area contributed by atoms with Crippen LogP contribution in [0.2, 0.25) is 0 Å². The van der Waals surface area contributed by atoms with E-state index >= 15 is 0 Å². The summed E-state index contributed by atoms with van der Waals surface area (Å²) in [5.74, 6) is 5.63. The Morgan fingerprint density at radius 2 is 2.00 bits per heavy atom. The third kappa shape index (κ3) is 4.73. The smallest absolute Gasteiger partial charge is 0.00851 e. The summed E-state index contributed by atoms with van der Waals surface area (Å²) in [6, 6.07) is 0. The van der Waals surface area contributed by atoms with Gasteiger partial charge in [-0.05, 0) is 92.3 Å². The molecule has 0 bridgehead atoms. The van der Waals surface area contributed by atoms with Crippen molar-refractivity contribution >= 4 is 0 Å². The van der Waals surface area contributed by atoms with Crippen LogP contribution in [-0.2, 0) is 0 Å². The van der Waals surface area contributed by atoms with Gasteiger partial charge in [0.05, 0.1) is 0 Å². The molecule has 7 unspecified atom stereocenters. The van der Waals surface area contributed by atoms with Crippen molar-refractivity contribution in [2.45, 2.75) is 105 Å². The monoisotopic (exact) mass is 370 g/mol. The van der Waals surface area contributed by atoms with Crippen LogP contribution in [0.3, 0.4) is 0 Å². The first kappa shape index (κ1) is 21.2. The van der Waals surface area contributed by atoms with Gasteiger partial charge in [-0.1, -0.05) is 77.7 Å². The zero-order valence-electron chi connectivity index (χ0n) is 19.0. The van der Waals surface area contributed by atoms with Crippen molar-refractivity contribution in [3.8, 4) is 0 Å². The van der Waals surface area contributed by atoms with E-state index in [1.54, 1.807) is 0 Å². The summed E-state index contributed by atoms with van der Waals surface area (Å²) < 4.78 is 0. The minimum absolute atomic E-state index is 0.544. The molecule has 3 aliphatic rings. The lowest BCUT2D eigenvalue weighted by Gasteiger charge is -2.56. The molecule has 0 amide bonds. The summed E-state index contributed by atoms with van der Waals surface area (Å²) in [5, 5.41) is 0. The van der Waals surface area contributed by atoms with E-state index in [9.17, 15) is 0 Å². The average Bonchev–Trinajstić information content (AvgIpc) is 2.65. The minimum Gasteiger partial charge on any atom is -0.0885 e. The van der Waals surface area contributed by atoms with E-state index < -0.39 is 0 Å². The van der Waals surface area contributed by atoms with Crippen LogP contribution >= 0.6 is 0 Å². The molecule has 0 spiro atoms. The second-order valence-electron chi connectivity index (χ2n) is 10.9. The van der Waals surface area contributed by atoms with Gasteiger partial charge in [-0.3, -0.25) is 0 Å². The predicted octanol–water partition coefficient (Wildman–Crippen LogP) is 8.58. The van der Waals surface area contributed by atoms with Gasteiger partial charge < -0.3 is 0 Å². The van der Waals surface area contributed by atoms with Gasteiger partial charge >= 0.3 is 0 Å². The molecule has 27 heavy (non-hydrogen) atoms. The van der Waals surface area contributed by atoms with Gasteiger partial charge in [0.2, 0.25) is 0 Å². The molecule has 0 heteroatoms. The van der Waals surface area contributed by atoms with Crippen molar-refractivity contribution in [1.29, 1.82) is 0 Å². The van der Waals surface area contributed by atoms with Gasteiger partial charge in [0.15, 0.2) is 0 Å². The molecular weight excluding hydrogens is 324 g/mol. The number of hydrogen-bond donors (Lipinski definition) is 0. The molecule has 0 aromatic rings. The lowest BCUT2D eigenvalue weighted by molar-refractivity contribution is -0.00264. The van der Waals surface area contributed by atoms with Gasteiger partial charge in [0, 0.05) is 0 Å². The van der Waals surface area contributed by atoms with E-state index in [4.69, 9.17) is 0 Å². The van der Waals surface area contributed by atoms with Crippen molar-refractivity contribution in [2.75, 3.05) is 0 Å². The van der Waals surface area contributed by atoms with E-state index in [2.05, 4.69) is 52.8 Å². The van der Waals surface area contributed by atoms with Crippen molar-refractivity contribution in [3.63, 3.8) is 0 Å². The molecule has 0 aliphatic heterocycles. The predicted molar refractivity (Wildman–Crippen MR) is 120 cm³/mol. The van der Waals surface area contributed by atoms with Crippen LogP contribution in [-0.4, -0.2) is 0 Å². The van der Waals surface area contributed by atoms with Crippen molar-refractivity contribution in [3.05, 3.63) is 23.8 Å². The fourth-order valence-electron chi connectivity index (χ4n) is 6.86. The first-order valence-corrected chi connectivity index (χ1v) is 12.3. The molecule has 0 radical (unpaired) electrons. The summed E-state index contributed by atoms with van der Waals surface area (Å²) in [7, 11) is 0. The molecule has 0 N–H and O–H groups in total. The maximum Gasteiger partial charge on any atom is -0.00851 e. The quantitative estimate of drug-likeness (QED) is 0.393. The molecule has 154 valence electrons. The molecule has 2 saturated carbocycles. The number of fused-ring (bicyclic) bond motifs is 3. The highest BCUT2D eigenvalue weighted by atomic mass is 14.5. The summed E-state index contributed by atoms with van der Waals surface area (Å²) in [4.78, 5) is 0. The van der Waals surface area contributed by atoms with Gasteiger partial charge in [-0.15, -0.1) is 0 Å². The second kappa shape index (κ2) is 9.32. The zero-order valence-corrected chi connectivity index (χ0v) is 19.0. The Kier molecular flexibility index (Phi) is 7.32. The highest BCUT2D eigenvalue weighted by Gasteiger charge is 2.50. The number of unbranched alkanes of at least 4 members (excludes halogenated alkanes) is 1. The summed E-state index contributed by atoms with van der Waals surface area (Å²) in [5.41, 5.74) is 2.40. The Balaban J connectivity index is 1.63. The Morgan fingerprint density at radius 3 is 2.78 bits per heavy atom. The van der Waals surface area contributed by atoms with Crippen molar-refractivity contribution in [1.82, 2.24) is 0 Å². The van der Waals surface area contributed by atoms with Gasteiger partial charge in [0.25, 0.3) is 0 Å². The van der Waals surface area contributed by atoms with Crippen molar-refractivity contribution in [2.24, 2.45) is 40.9 Å². The molecule has 0 nitrogen and oxygen atoms in total. The van der Waals surface area contributed by atoms with Gasteiger partial charge in [-0.2, -0.15) is 0 Å². The van der Waals surface area contributed by atoms with Crippen LogP contribution in [0.5, 0.6) is 0 Å². The normalized spacial score (nSPS) is 40.3. The standard InChI is InChI=1S/C27H46/c1-6-7-8-9-10-20(2)11-14-24-22(4)12-16-26-25(24)15-13-23-19-21(3)17-18-27(23,26)5/h8-9,13,20-22,24-26H,6-7,10-12,14-19H2,1-5H3/b9-8+. The summed E-state index contributed by atoms with van der Waals surface area (Å²) in [6.45, 7) is 12.4. The third-order valence-electron chi connectivity index (χ3n) is 8.80. The summed E-state index contributed by atoms with van der Waals surface area (Å²) >= 11 is 0. The fourth-order valence-corrected chi connectivity index (χ4v) is 6.86. The largest absolute Gasteiger partial charge is 0.0885 e. The number of hydrogen-bond acceptors (Lipinski definition) is 0. The number of allylic oxidation sites excluding steroid dienone is 4. The van der Waals surface area contributed by atoms with E-state index in [0.717, 1.165) is 35.5 Å². The lowest BCUT2D eigenvalue weighted by Crippen LogP contribution is -2.46. The maximum atomic E-state index is 2.72. The Labute approximate surface area is 170 Å². The lowest BCUT2D eigenvalue weighted by atomic mass is 9.49. The highest BCUT2D eigenvalue weighted by Crippen LogP contribution is 2.60. The fraction of sp³-hybridized carbons (Fsp3) is 0.852. The first-order valence-electron chi connectivity index (χ1n) is 12.3. The molecule has 3 aliphatic carbocycles. The Hall–Kier alpha value is -0.520. The zero-order chi connectivity index (χ0) is 19.4. The molecule has 0 heterocycles. The van der Waals surface area contributed by atoms with Crippen molar-refractivity contribution < 1.29 is 0 Å². The van der Waals surface area contributed by atoms with Crippen LogP contribution in [0.15, 0.2) is 23.8 Å². The SMILES string of the molecule is CCC/C=C/CC(C)CCC1C(C)CCC2C1CC=C1CC(C)CCC12C. The molecule has 7 atom stereocenters. The second-order valence-corrected chi connectivity index (χ2v) is 10.9. The van der Waals surface area contributed by atoms with Crippen LogP contribution in [0, 0.1) is 40.9 Å². The minimum atomic E-state index is 0.544. The molecule has 3 rings (SSSR count). The number of rotatable bonds is 7. The van der Waals surface area contributed by atoms with E-state index in [0.29, 0.717) is 5.41 Å². The van der Waals surface area contributed by atoms with Crippen LogP contribution < -0.4 is 0 Å². The Bertz CT molecular complexity index is 526. The molecule has 0 saturated heterocycles. The summed E-state index contributed by atoms with van der Waals surface area (Å²) in [6.07, 6.45) is 23.0. The van der Waals surface area contributed by atoms with Gasteiger partial charge in [0.1, 0.15) is 0 Å². The molecule has 0 aromatic heterocycles. The maximum absolute atomic E-state index is 2.72. The highest BCUT2D eigenvalue weighted by molar-refractivity contribution is 5.23. The van der Waals surface area contributed by atoms with E-state index in [1.807, 2.05) is 5.57 Å². The molecule has 0 aromatic carbocycles. The van der Waals surface area contributed by atoms with E-state index in [1.165, 1.54) is 70.6 Å². The third-order valence-corrected chi connectivity index (χ3v) is 8.80. The van der Waals surface area contributed by atoms with Gasteiger partial charge in [-0.25, -0.2) is 0 Å². The van der Waals surface area contributed by atoms with E-state index in [-0.39, 0.29) is 0 Å². The molecular formula is C27H46. The molecule has 2 fully saturated rings. The Morgan fingerprint density at radius 1 is 1.19 bits per heavy atom.